The lowest BCUT2D eigenvalue weighted by atomic mass is 9.78. The molecule has 0 heterocycles. The minimum absolute atomic E-state index is 0.253. The number of nitrogens with zero attached hydrogens (tertiary/aromatic N) is 1. The zero-order chi connectivity index (χ0) is 15.2. The van der Waals surface area contributed by atoms with Crippen molar-refractivity contribution in [3.63, 3.8) is 0 Å². The highest BCUT2D eigenvalue weighted by molar-refractivity contribution is 4.99. The molecular weight excluding hydrogens is 246 g/mol. The van der Waals surface area contributed by atoms with Crippen molar-refractivity contribution in [2.24, 2.45) is 11.3 Å². The minimum atomic E-state index is 0.253. The molecule has 3 N–H and O–H groups in total. The topological polar surface area (TPSA) is 41.3 Å². The molecule has 20 heavy (non-hydrogen) atoms. The first-order valence-electron chi connectivity index (χ1n) is 8.45. The van der Waals surface area contributed by atoms with Crippen LogP contribution in [0.5, 0.6) is 0 Å². The van der Waals surface area contributed by atoms with Gasteiger partial charge in [0.2, 0.25) is 0 Å². The second-order valence-corrected chi connectivity index (χ2v) is 8.08. The van der Waals surface area contributed by atoms with E-state index in [-0.39, 0.29) is 5.54 Å². The summed E-state index contributed by atoms with van der Waals surface area (Å²) in [6, 6.07) is 0.415. The van der Waals surface area contributed by atoms with Gasteiger partial charge in [-0.25, -0.2) is 0 Å². The van der Waals surface area contributed by atoms with E-state index in [1.54, 1.807) is 0 Å². The summed E-state index contributed by atoms with van der Waals surface area (Å²) in [5.74, 6) is 5.95. The first-order chi connectivity index (χ1) is 9.32. The first kappa shape index (κ1) is 17.9. The normalized spacial score (nSPS) is 21.8. The Morgan fingerprint density at radius 1 is 1.10 bits per heavy atom. The van der Waals surface area contributed by atoms with Crippen LogP contribution in [0.1, 0.15) is 78.6 Å². The molecule has 0 amide bonds. The molecule has 1 aliphatic rings. The van der Waals surface area contributed by atoms with Crippen molar-refractivity contribution in [2.45, 2.75) is 90.1 Å². The van der Waals surface area contributed by atoms with Gasteiger partial charge in [0.25, 0.3) is 0 Å². The maximum absolute atomic E-state index is 5.95. The van der Waals surface area contributed by atoms with Crippen LogP contribution in [0.15, 0.2) is 0 Å². The molecule has 0 spiro atoms. The van der Waals surface area contributed by atoms with E-state index in [0.717, 1.165) is 0 Å². The van der Waals surface area contributed by atoms with Gasteiger partial charge in [-0.1, -0.05) is 52.9 Å². The maximum Gasteiger partial charge on any atom is 0.0394 e. The number of rotatable bonds is 6. The molecule has 0 aromatic carbocycles. The van der Waals surface area contributed by atoms with Crippen LogP contribution in [0.25, 0.3) is 0 Å². The van der Waals surface area contributed by atoms with Crippen molar-refractivity contribution in [1.82, 2.24) is 10.3 Å². The largest absolute Gasteiger partial charge is 0.302 e. The van der Waals surface area contributed by atoms with Gasteiger partial charge in [0.05, 0.1) is 0 Å². The van der Waals surface area contributed by atoms with E-state index < -0.39 is 0 Å². The molecule has 0 bridgehead atoms. The summed E-state index contributed by atoms with van der Waals surface area (Å²) in [5, 5.41) is 0. The van der Waals surface area contributed by atoms with E-state index in [2.05, 4.69) is 45.2 Å². The predicted octanol–water partition coefficient (Wildman–Crippen LogP) is 3.69. The summed E-state index contributed by atoms with van der Waals surface area (Å²) in [5.41, 5.74) is 3.84. The van der Waals surface area contributed by atoms with Gasteiger partial charge in [0, 0.05) is 11.6 Å². The molecule has 1 fully saturated rings. The average Bonchev–Trinajstić information content (AvgIpc) is 2.60. The molecule has 0 radical (unpaired) electrons. The van der Waals surface area contributed by atoms with Crippen LogP contribution in [0.4, 0.5) is 0 Å². The summed E-state index contributed by atoms with van der Waals surface area (Å²) in [4.78, 5) is 2.44. The fourth-order valence-corrected chi connectivity index (χ4v) is 3.79. The van der Waals surface area contributed by atoms with Gasteiger partial charge in [-0.2, -0.15) is 0 Å². The van der Waals surface area contributed by atoms with Crippen molar-refractivity contribution in [2.75, 3.05) is 14.1 Å². The van der Waals surface area contributed by atoms with E-state index in [1.165, 1.54) is 57.8 Å². The van der Waals surface area contributed by atoms with E-state index in [1.807, 2.05) is 0 Å². The summed E-state index contributed by atoms with van der Waals surface area (Å²) in [6.45, 7) is 6.97. The van der Waals surface area contributed by atoms with Crippen molar-refractivity contribution < 1.29 is 0 Å². The second-order valence-electron chi connectivity index (χ2n) is 8.08. The molecule has 120 valence electrons. The van der Waals surface area contributed by atoms with Crippen molar-refractivity contribution >= 4 is 0 Å². The summed E-state index contributed by atoms with van der Waals surface area (Å²) in [7, 11) is 4.47. The average molecular weight is 284 g/mol. The van der Waals surface area contributed by atoms with Crippen LogP contribution >= 0.6 is 0 Å². The Morgan fingerprint density at radius 2 is 1.65 bits per heavy atom. The smallest absolute Gasteiger partial charge is 0.0394 e. The quantitative estimate of drug-likeness (QED) is 0.444. The van der Waals surface area contributed by atoms with Crippen LogP contribution in [0, 0.1) is 5.41 Å². The molecule has 1 unspecified atom stereocenters. The molecule has 1 rings (SSSR count). The van der Waals surface area contributed by atoms with Crippen LogP contribution in [-0.2, 0) is 0 Å². The highest BCUT2D eigenvalue weighted by Gasteiger charge is 2.40. The third-order valence-corrected chi connectivity index (χ3v) is 5.13. The lowest BCUT2D eigenvalue weighted by molar-refractivity contribution is 0.0738. The lowest BCUT2D eigenvalue weighted by Crippen LogP contribution is -2.60. The van der Waals surface area contributed by atoms with Crippen molar-refractivity contribution in [1.29, 1.82) is 0 Å². The van der Waals surface area contributed by atoms with Gasteiger partial charge < -0.3 is 4.90 Å². The number of nitrogens with one attached hydrogen (secondary N) is 1. The Balaban J connectivity index is 2.70. The zero-order valence-electron chi connectivity index (χ0n) is 14.5. The van der Waals surface area contributed by atoms with Gasteiger partial charge in [0.1, 0.15) is 0 Å². The van der Waals surface area contributed by atoms with Crippen molar-refractivity contribution in [3.05, 3.63) is 0 Å². The van der Waals surface area contributed by atoms with Crippen LogP contribution in [0.3, 0.4) is 0 Å². The molecule has 0 aromatic heterocycles. The van der Waals surface area contributed by atoms with Gasteiger partial charge in [-0.05, 0) is 45.2 Å². The predicted molar refractivity (Wildman–Crippen MR) is 88.5 cm³/mol. The highest BCUT2D eigenvalue weighted by Crippen LogP contribution is 2.36. The number of likely N-dealkylation sites (N-methyl/N-ethyl adjacent to an activating group) is 1. The Labute approximate surface area is 126 Å². The molecule has 3 nitrogen and oxygen atoms in total. The minimum Gasteiger partial charge on any atom is -0.302 e. The first-order valence-corrected chi connectivity index (χ1v) is 8.45. The summed E-state index contributed by atoms with van der Waals surface area (Å²) < 4.78 is 0. The Bertz CT molecular complexity index is 260. The molecule has 0 saturated heterocycles. The standard InChI is InChI=1S/C17H37N3/c1-16(2,3)12-10-11-15(19-18)17(20(4)5)13-8-6-7-9-14-17/h15,19H,6-14,18H2,1-5H3. The van der Waals surface area contributed by atoms with Crippen LogP contribution < -0.4 is 11.3 Å². The number of hydrogen-bond acceptors (Lipinski definition) is 3. The lowest BCUT2D eigenvalue weighted by Gasteiger charge is -2.46. The van der Waals surface area contributed by atoms with Gasteiger partial charge in [0.15, 0.2) is 0 Å². The fraction of sp³-hybridized carbons (Fsp3) is 1.00. The number of hydrogen-bond donors (Lipinski definition) is 2. The highest BCUT2D eigenvalue weighted by atomic mass is 15.3. The van der Waals surface area contributed by atoms with Gasteiger partial charge >= 0.3 is 0 Å². The summed E-state index contributed by atoms with van der Waals surface area (Å²) in [6.07, 6.45) is 11.7. The molecule has 1 atom stereocenters. The monoisotopic (exact) mass is 283 g/mol. The maximum atomic E-state index is 5.95. The fourth-order valence-electron chi connectivity index (χ4n) is 3.79. The Morgan fingerprint density at radius 3 is 2.05 bits per heavy atom. The van der Waals surface area contributed by atoms with Crippen LogP contribution in [0.2, 0.25) is 0 Å². The number of hydrazine groups is 1. The van der Waals surface area contributed by atoms with E-state index >= 15 is 0 Å². The number of nitrogens with two attached hydrogens (primary N) is 1. The third kappa shape index (κ3) is 5.01. The van der Waals surface area contributed by atoms with Gasteiger partial charge in [-0.15, -0.1) is 0 Å². The second kappa shape index (κ2) is 7.77. The zero-order valence-corrected chi connectivity index (χ0v) is 14.5. The molecule has 1 aliphatic carbocycles. The molecule has 1 saturated carbocycles. The molecule has 0 aliphatic heterocycles. The third-order valence-electron chi connectivity index (χ3n) is 5.13. The van der Waals surface area contributed by atoms with E-state index in [4.69, 9.17) is 5.84 Å². The van der Waals surface area contributed by atoms with E-state index in [0.29, 0.717) is 11.5 Å². The SMILES string of the molecule is CN(C)C1(C(CCCC(C)(C)C)NN)CCCCCC1. The molecule has 0 aromatic rings. The van der Waals surface area contributed by atoms with Gasteiger partial charge in [-0.3, -0.25) is 11.3 Å². The molecule has 3 heteroatoms. The summed E-state index contributed by atoms with van der Waals surface area (Å²) >= 11 is 0. The van der Waals surface area contributed by atoms with Crippen LogP contribution in [-0.4, -0.2) is 30.6 Å². The Kier molecular flexibility index (Phi) is 6.96. The van der Waals surface area contributed by atoms with E-state index in [9.17, 15) is 0 Å². The van der Waals surface area contributed by atoms with Crippen molar-refractivity contribution in [3.8, 4) is 0 Å². The Hall–Kier alpha value is -0.120. The molecular formula is C17H37N3.